The Morgan fingerprint density at radius 2 is 1.35 bits per heavy atom. The number of nitrogens with zero attached hydrogens (tertiary/aromatic N) is 2. The van der Waals surface area contributed by atoms with E-state index in [1.54, 1.807) is 0 Å². The van der Waals surface area contributed by atoms with Gasteiger partial charge in [-0.05, 0) is 70.5 Å². The van der Waals surface area contributed by atoms with Gasteiger partial charge in [0.15, 0.2) is 0 Å². The standard InChI is InChI=1S/C37H32N2O/c1-36(2,3)22-12-14-30-25(18-22)26-20-27-24-9-7-8-10-32(24)40-35(27)33-28-17-21(11-13-31(28)39(30)34(26)33)29-19-23(15-16-38-29)37(4,5)6/h7-20H,1-6H3. The third-order valence-electron chi connectivity index (χ3n) is 8.69. The van der Waals surface area contributed by atoms with E-state index >= 15 is 0 Å². The molecule has 0 spiro atoms. The van der Waals surface area contributed by atoms with Gasteiger partial charge in [-0.3, -0.25) is 4.98 Å². The van der Waals surface area contributed by atoms with E-state index < -0.39 is 0 Å². The second-order valence-corrected chi connectivity index (χ2v) is 13.4. The number of fused-ring (bicyclic) bond motifs is 10. The third kappa shape index (κ3) is 3.15. The molecule has 40 heavy (non-hydrogen) atoms. The second kappa shape index (κ2) is 7.63. The van der Waals surface area contributed by atoms with Crippen LogP contribution in [-0.4, -0.2) is 9.38 Å². The Bertz CT molecular complexity index is 2280. The SMILES string of the molecule is CC(C)(C)c1ccnc(-c2ccc3c(c2)c2c4oc5ccccc5c4cc4c5cc(C(C)(C)C)ccc5n3c42)c1. The van der Waals surface area contributed by atoms with E-state index in [0.717, 1.165) is 27.8 Å². The van der Waals surface area contributed by atoms with Crippen molar-refractivity contribution < 1.29 is 4.42 Å². The molecule has 0 fully saturated rings. The van der Waals surface area contributed by atoms with Gasteiger partial charge in [-0.2, -0.15) is 0 Å². The Morgan fingerprint density at radius 1 is 0.625 bits per heavy atom. The van der Waals surface area contributed by atoms with Crippen molar-refractivity contribution >= 4 is 60.0 Å². The van der Waals surface area contributed by atoms with E-state index in [0.29, 0.717) is 0 Å². The van der Waals surface area contributed by atoms with Gasteiger partial charge in [-0.1, -0.05) is 71.9 Å². The Hall–Kier alpha value is -4.37. The largest absolute Gasteiger partial charge is 0.455 e. The number of pyridine rings is 1. The van der Waals surface area contributed by atoms with Crippen molar-refractivity contribution in [2.75, 3.05) is 0 Å². The van der Waals surface area contributed by atoms with Gasteiger partial charge in [0.1, 0.15) is 11.2 Å². The Morgan fingerprint density at radius 3 is 2.15 bits per heavy atom. The highest BCUT2D eigenvalue weighted by Crippen LogP contribution is 2.46. The molecule has 3 heteroatoms. The van der Waals surface area contributed by atoms with Crippen molar-refractivity contribution in [1.29, 1.82) is 0 Å². The lowest BCUT2D eigenvalue weighted by molar-refractivity contribution is 0.589. The first-order valence-electron chi connectivity index (χ1n) is 14.1. The lowest BCUT2D eigenvalue weighted by Crippen LogP contribution is -2.11. The molecular formula is C37H32N2O. The average molecular weight is 521 g/mol. The van der Waals surface area contributed by atoms with Gasteiger partial charge in [-0.15, -0.1) is 0 Å². The maximum absolute atomic E-state index is 6.63. The molecule has 4 heterocycles. The summed E-state index contributed by atoms with van der Waals surface area (Å²) in [6.45, 7) is 13.6. The lowest BCUT2D eigenvalue weighted by atomic mass is 9.86. The van der Waals surface area contributed by atoms with Crippen LogP contribution in [0.2, 0.25) is 0 Å². The molecule has 0 saturated heterocycles. The van der Waals surface area contributed by atoms with Gasteiger partial charge in [0.25, 0.3) is 0 Å². The number of rotatable bonds is 1. The number of hydrogen-bond acceptors (Lipinski definition) is 2. The molecule has 0 aliphatic carbocycles. The molecule has 4 aromatic carbocycles. The maximum atomic E-state index is 6.63. The van der Waals surface area contributed by atoms with E-state index in [1.165, 1.54) is 54.6 Å². The van der Waals surface area contributed by atoms with Gasteiger partial charge in [0.05, 0.1) is 27.6 Å². The molecule has 3 nitrogen and oxygen atoms in total. The fourth-order valence-corrected chi connectivity index (χ4v) is 6.47. The smallest absolute Gasteiger partial charge is 0.145 e. The average Bonchev–Trinajstić information content (AvgIpc) is 3.57. The summed E-state index contributed by atoms with van der Waals surface area (Å²) in [4.78, 5) is 4.78. The molecule has 8 rings (SSSR count). The molecule has 0 amide bonds. The second-order valence-electron chi connectivity index (χ2n) is 13.4. The van der Waals surface area contributed by atoms with E-state index in [9.17, 15) is 0 Å². The van der Waals surface area contributed by atoms with Crippen LogP contribution in [0.5, 0.6) is 0 Å². The quantitative estimate of drug-likeness (QED) is 0.215. The summed E-state index contributed by atoms with van der Waals surface area (Å²) < 4.78 is 9.07. The molecule has 0 aliphatic rings. The lowest BCUT2D eigenvalue weighted by Gasteiger charge is -2.19. The molecule has 8 aromatic rings. The van der Waals surface area contributed by atoms with Crippen LogP contribution in [0.25, 0.3) is 71.3 Å². The number of para-hydroxylation sites is 1. The molecule has 196 valence electrons. The molecule has 0 radical (unpaired) electrons. The molecule has 0 N–H and O–H groups in total. The molecule has 0 atom stereocenters. The summed E-state index contributed by atoms with van der Waals surface area (Å²) in [5, 5.41) is 7.29. The number of hydrogen-bond donors (Lipinski definition) is 0. The minimum absolute atomic E-state index is 0.0591. The highest BCUT2D eigenvalue weighted by molar-refractivity contribution is 6.33. The highest BCUT2D eigenvalue weighted by Gasteiger charge is 2.25. The first-order chi connectivity index (χ1) is 19.1. The van der Waals surface area contributed by atoms with Crippen molar-refractivity contribution in [1.82, 2.24) is 9.38 Å². The van der Waals surface area contributed by atoms with E-state index in [-0.39, 0.29) is 10.8 Å². The fourth-order valence-electron chi connectivity index (χ4n) is 6.47. The summed E-state index contributed by atoms with van der Waals surface area (Å²) in [5.41, 5.74) is 10.4. The van der Waals surface area contributed by atoms with Crippen molar-refractivity contribution in [3.8, 4) is 11.3 Å². The summed E-state index contributed by atoms with van der Waals surface area (Å²) in [7, 11) is 0. The van der Waals surface area contributed by atoms with E-state index in [1.807, 2.05) is 6.20 Å². The van der Waals surface area contributed by atoms with Crippen LogP contribution in [0, 0.1) is 0 Å². The maximum Gasteiger partial charge on any atom is 0.145 e. The van der Waals surface area contributed by atoms with Crippen molar-refractivity contribution in [3.63, 3.8) is 0 Å². The van der Waals surface area contributed by atoms with Gasteiger partial charge in [-0.25, -0.2) is 0 Å². The monoisotopic (exact) mass is 520 g/mol. The Labute approximate surface area is 233 Å². The number of furan rings is 1. The normalized spacial score (nSPS) is 13.2. The van der Waals surface area contributed by atoms with Crippen LogP contribution >= 0.6 is 0 Å². The van der Waals surface area contributed by atoms with Gasteiger partial charge >= 0.3 is 0 Å². The third-order valence-corrected chi connectivity index (χ3v) is 8.69. The van der Waals surface area contributed by atoms with Gasteiger partial charge in [0.2, 0.25) is 0 Å². The highest BCUT2D eigenvalue weighted by atomic mass is 16.3. The zero-order chi connectivity index (χ0) is 27.6. The first kappa shape index (κ1) is 23.5. The van der Waals surface area contributed by atoms with Crippen LogP contribution in [0.15, 0.2) is 89.5 Å². The van der Waals surface area contributed by atoms with Gasteiger partial charge < -0.3 is 8.82 Å². The topological polar surface area (TPSA) is 30.4 Å². The van der Waals surface area contributed by atoms with E-state index in [2.05, 4.69) is 125 Å². The molecule has 0 bridgehead atoms. The predicted molar refractivity (Wildman–Crippen MR) is 169 cm³/mol. The molecular weight excluding hydrogens is 488 g/mol. The van der Waals surface area contributed by atoms with Crippen molar-refractivity contribution in [2.45, 2.75) is 52.4 Å². The minimum Gasteiger partial charge on any atom is -0.455 e. The van der Waals surface area contributed by atoms with Crippen LogP contribution < -0.4 is 0 Å². The Kier molecular flexibility index (Phi) is 4.49. The van der Waals surface area contributed by atoms with Crippen LogP contribution in [0.3, 0.4) is 0 Å². The summed E-state index contributed by atoms with van der Waals surface area (Å²) in [5.74, 6) is 0. The summed E-state index contributed by atoms with van der Waals surface area (Å²) in [6.07, 6.45) is 1.94. The van der Waals surface area contributed by atoms with Gasteiger partial charge in [0, 0.05) is 38.7 Å². The fraction of sp³-hybridized carbons (Fsp3) is 0.216. The van der Waals surface area contributed by atoms with Crippen LogP contribution in [0.4, 0.5) is 0 Å². The zero-order valence-electron chi connectivity index (χ0n) is 23.9. The van der Waals surface area contributed by atoms with Crippen molar-refractivity contribution in [3.05, 3.63) is 96.2 Å². The summed E-state index contributed by atoms with van der Waals surface area (Å²) in [6, 6.07) is 28.9. The van der Waals surface area contributed by atoms with Crippen LogP contribution in [0.1, 0.15) is 52.7 Å². The number of aromatic nitrogens is 2. The molecule has 4 aromatic heterocycles. The van der Waals surface area contributed by atoms with Crippen molar-refractivity contribution in [2.24, 2.45) is 0 Å². The minimum atomic E-state index is 0.0591. The predicted octanol–water partition coefficient (Wildman–Crippen LogP) is 10.4. The molecule has 0 aliphatic heterocycles. The molecule has 0 unspecified atom stereocenters. The van der Waals surface area contributed by atoms with Crippen LogP contribution in [-0.2, 0) is 10.8 Å². The molecule has 0 saturated carbocycles. The first-order valence-corrected chi connectivity index (χ1v) is 14.1. The van der Waals surface area contributed by atoms with E-state index in [4.69, 9.17) is 9.40 Å². The Balaban J connectivity index is 1.54. The summed E-state index contributed by atoms with van der Waals surface area (Å²) >= 11 is 0. The number of benzene rings is 4. The zero-order valence-corrected chi connectivity index (χ0v) is 23.9.